The average Bonchev–Trinajstić information content (AvgIpc) is 3.04. The van der Waals surface area contributed by atoms with E-state index < -0.39 is 0 Å². The predicted octanol–water partition coefficient (Wildman–Crippen LogP) is 4.89. The summed E-state index contributed by atoms with van der Waals surface area (Å²) in [6.45, 7) is 6.67. The van der Waals surface area contributed by atoms with E-state index in [1.165, 1.54) is 0 Å². The maximum atomic E-state index is 13.3. The maximum Gasteiger partial charge on any atom is 0.315 e. The van der Waals surface area contributed by atoms with Crippen LogP contribution in [0.3, 0.4) is 0 Å². The lowest BCUT2D eigenvalue weighted by Gasteiger charge is -2.25. The molecule has 0 spiro atoms. The van der Waals surface area contributed by atoms with E-state index in [0.29, 0.717) is 5.56 Å². The van der Waals surface area contributed by atoms with Crippen LogP contribution in [-0.2, 0) is 22.5 Å². The number of rotatable bonds is 7. The highest BCUT2D eigenvalue weighted by Crippen LogP contribution is 2.34. The second-order valence-corrected chi connectivity index (χ2v) is 7.57. The topological polar surface area (TPSA) is 48.3 Å². The lowest BCUT2D eigenvalue weighted by atomic mass is 9.96. The van der Waals surface area contributed by atoms with Gasteiger partial charge < -0.3 is 9.30 Å². The lowest BCUT2D eigenvalue weighted by Crippen LogP contribution is -2.27. The number of fused-ring (bicyclic) bond motifs is 1. The molecule has 0 N–H and O–H groups in total. The minimum atomic E-state index is -0.279. The number of carbonyl (C=O) groups excluding carboxylic acids is 2. The van der Waals surface area contributed by atoms with Gasteiger partial charge in [0.1, 0.15) is 0 Å². The first-order chi connectivity index (χ1) is 13.0. The van der Waals surface area contributed by atoms with Crippen LogP contribution in [0.1, 0.15) is 79.7 Å². The van der Waals surface area contributed by atoms with E-state index in [9.17, 15) is 9.59 Å². The number of hydrogen-bond donors (Lipinski definition) is 0. The van der Waals surface area contributed by atoms with Crippen LogP contribution < -0.4 is 0 Å². The fraction of sp³-hybridized carbons (Fsp3) is 0.478. The second kappa shape index (κ2) is 8.55. The van der Waals surface area contributed by atoms with E-state index in [2.05, 4.69) is 17.6 Å². The van der Waals surface area contributed by atoms with Gasteiger partial charge in [-0.1, -0.05) is 43.7 Å². The number of ether oxygens (including phenoxy) is 1. The number of esters is 1. The first kappa shape index (κ1) is 19.4. The van der Waals surface area contributed by atoms with E-state index in [4.69, 9.17) is 4.74 Å². The van der Waals surface area contributed by atoms with Crippen molar-refractivity contribution in [2.24, 2.45) is 0 Å². The Hall–Kier alpha value is -2.36. The van der Waals surface area contributed by atoms with Crippen molar-refractivity contribution in [1.29, 1.82) is 0 Å². The molecule has 0 radical (unpaired) electrons. The van der Waals surface area contributed by atoms with Crippen LogP contribution in [0.5, 0.6) is 0 Å². The van der Waals surface area contributed by atoms with Crippen LogP contribution in [0.4, 0.5) is 0 Å². The van der Waals surface area contributed by atoms with Gasteiger partial charge in [-0.05, 0) is 51.2 Å². The molecule has 0 aliphatic carbocycles. The van der Waals surface area contributed by atoms with Gasteiger partial charge in [-0.25, -0.2) is 0 Å². The van der Waals surface area contributed by atoms with Crippen LogP contribution >= 0.6 is 0 Å². The Morgan fingerprint density at radius 1 is 1.22 bits per heavy atom. The minimum absolute atomic E-state index is 0.0471. The summed E-state index contributed by atoms with van der Waals surface area (Å²) in [5.74, 6) is -0.408. The van der Waals surface area contributed by atoms with Gasteiger partial charge in [0, 0.05) is 17.8 Å². The van der Waals surface area contributed by atoms with Gasteiger partial charge >= 0.3 is 5.97 Å². The molecule has 1 aromatic carbocycles. The highest BCUT2D eigenvalue weighted by molar-refractivity contribution is 6.09. The quantitative estimate of drug-likeness (QED) is 0.517. The minimum Gasteiger partial charge on any atom is -0.462 e. The summed E-state index contributed by atoms with van der Waals surface area (Å²) >= 11 is 0. The Balaban J connectivity index is 2.03. The van der Waals surface area contributed by atoms with Gasteiger partial charge in [-0.3, -0.25) is 9.59 Å². The van der Waals surface area contributed by atoms with E-state index in [1.54, 1.807) is 0 Å². The third kappa shape index (κ3) is 4.15. The highest BCUT2D eigenvalue weighted by Gasteiger charge is 2.33. The third-order valence-corrected chi connectivity index (χ3v) is 5.13. The molecule has 1 unspecified atom stereocenters. The number of ketones is 1. The number of aryl methyl sites for hydroxylation is 1. The molecule has 1 atom stereocenters. The molecule has 0 saturated heterocycles. The monoisotopic (exact) mass is 367 g/mol. The lowest BCUT2D eigenvalue weighted by molar-refractivity contribution is -0.149. The molecular weight excluding hydrogens is 338 g/mol. The van der Waals surface area contributed by atoms with Crippen LogP contribution in [0.2, 0.25) is 0 Å². The van der Waals surface area contributed by atoms with Crippen molar-refractivity contribution in [3.8, 4) is 0 Å². The van der Waals surface area contributed by atoms with Gasteiger partial charge in [-0.2, -0.15) is 0 Å². The predicted molar refractivity (Wildman–Crippen MR) is 106 cm³/mol. The Kier molecular flexibility index (Phi) is 6.15. The van der Waals surface area contributed by atoms with Crippen molar-refractivity contribution in [3.05, 3.63) is 58.9 Å². The summed E-state index contributed by atoms with van der Waals surface area (Å²) < 4.78 is 7.56. The van der Waals surface area contributed by atoms with E-state index in [1.807, 2.05) is 44.2 Å². The van der Waals surface area contributed by atoms with Crippen LogP contribution in [0, 0.1) is 0 Å². The van der Waals surface area contributed by atoms with Gasteiger partial charge in [-0.15, -0.1) is 0 Å². The number of carbonyl (C=O) groups is 2. The number of hydrogen-bond acceptors (Lipinski definition) is 3. The summed E-state index contributed by atoms with van der Waals surface area (Å²) in [6, 6.07) is 11.5. The molecule has 1 aliphatic rings. The zero-order chi connectivity index (χ0) is 19.4. The van der Waals surface area contributed by atoms with E-state index in [0.717, 1.165) is 55.6 Å². The Morgan fingerprint density at radius 3 is 2.63 bits per heavy atom. The number of unbranched alkanes of at least 4 members (excludes halogenated alkanes) is 1. The molecule has 1 aromatic heterocycles. The van der Waals surface area contributed by atoms with E-state index >= 15 is 0 Å². The average molecular weight is 367 g/mol. The molecule has 2 aromatic rings. The maximum absolute atomic E-state index is 13.3. The Labute approximate surface area is 161 Å². The molecule has 0 saturated carbocycles. The molecular formula is C23H29NO3. The zero-order valence-corrected chi connectivity index (χ0v) is 16.5. The summed E-state index contributed by atoms with van der Waals surface area (Å²) in [5, 5.41) is 0. The summed E-state index contributed by atoms with van der Waals surface area (Å²) in [6.07, 6.45) is 4.48. The molecule has 0 fully saturated rings. The van der Waals surface area contributed by atoms with Gasteiger partial charge in [0.2, 0.25) is 5.78 Å². The normalized spacial score (nSPS) is 16.2. The van der Waals surface area contributed by atoms with E-state index in [-0.39, 0.29) is 23.8 Å². The first-order valence-electron chi connectivity index (χ1n) is 10.1. The number of benzene rings is 1. The summed E-state index contributed by atoms with van der Waals surface area (Å²) in [5.41, 5.74) is 3.46. The molecule has 0 bridgehead atoms. The van der Waals surface area contributed by atoms with Crippen molar-refractivity contribution in [3.63, 3.8) is 0 Å². The first-order valence-corrected chi connectivity index (χ1v) is 10.1. The SMILES string of the molecule is CCCCc1cc2n(c1C(=O)c1ccccc1)CCCC2C(=O)OC(C)C. The third-order valence-electron chi connectivity index (χ3n) is 5.13. The van der Waals surface area contributed by atoms with Gasteiger partial charge in [0.25, 0.3) is 0 Å². The van der Waals surface area contributed by atoms with Gasteiger partial charge in [0.15, 0.2) is 0 Å². The molecule has 4 heteroatoms. The van der Waals surface area contributed by atoms with Crippen molar-refractivity contribution in [1.82, 2.24) is 4.57 Å². The Bertz CT molecular complexity index is 805. The molecule has 27 heavy (non-hydrogen) atoms. The smallest absolute Gasteiger partial charge is 0.315 e. The van der Waals surface area contributed by atoms with Crippen LogP contribution in [0.25, 0.3) is 0 Å². The van der Waals surface area contributed by atoms with Crippen molar-refractivity contribution in [2.75, 3.05) is 0 Å². The summed E-state index contributed by atoms with van der Waals surface area (Å²) in [7, 11) is 0. The van der Waals surface area contributed by atoms with Crippen molar-refractivity contribution < 1.29 is 14.3 Å². The molecule has 144 valence electrons. The summed E-state index contributed by atoms with van der Waals surface area (Å²) in [4.78, 5) is 25.9. The van der Waals surface area contributed by atoms with Crippen molar-refractivity contribution >= 4 is 11.8 Å². The second-order valence-electron chi connectivity index (χ2n) is 7.57. The fourth-order valence-corrected chi connectivity index (χ4v) is 3.86. The molecule has 2 heterocycles. The van der Waals surface area contributed by atoms with Crippen LogP contribution in [0.15, 0.2) is 36.4 Å². The molecule has 3 rings (SSSR count). The van der Waals surface area contributed by atoms with Gasteiger partial charge in [0.05, 0.1) is 17.7 Å². The molecule has 1 aliphatic heterocycles. The fourth-order valence-electron chi connectivity index (χ4n) is 3.86. The number of aromatic nitrogens is 1. The van der Waals surface area contributed by atoms with Crippen molar-refractivity contribution in [2.45, 2.75) is 71.4 Å². The Morgan fingerprint density at radius 2 is 1.96 bits per heavy atom. The highest BCUT2D eigenvalue weighted by atomic mass is 16.5. The van der Waals surface area contributed by atoms with Crippen LogP contribution in [-0.4, -0.2) is 22.4 Å². The number of nitrogens with zero attached hydrogens (tertiary/aromatic N) is 1. The standard InChI is InChI=1S/C23H29NO3/c1-4-5-10-18-15-20-19(23(26)27-16(2)3)13-9-14-24(20)21(18)22(25)17-11-7-6-8-12-17/h6-8,11-12,15-16,19H,4-5,9-10,13-14H2,1-3H3. The zero-order valence-electron chi connectivity index (χ0n) is 16.5. The largest absolute Gasteiger partial charge is 0.462 e. The molecule has 4 nitrogen and oxygen atoms in total. The molecule has 0 amide bonds.